The van der Waals surface area contributed by atoms with Gasteiger partial charge in [0.25, 0.3) is 0 Å². The zero-order valence-corrected chi connectivity index (χ0v) is 26.6. The summed E-state index contributed by atoms with van der Waals surface area (Å²) in [6.07, 6.45) is 19.0. The molecule has 0 aliphatic heterocycles. The van der Waals surface area contributed by atoms with E-state index in [0.717, 1.165) is 6.42 Å². The van der Waals surface area contributed by atoms with Crippen LogP contribution >= 0.6 is 0 Å². The van der Waals surface area contributed by atoms with Crippen molar-refractivity contribution < 1.29 is 0 Å². The Morgan fingerprint density at radius 3 is 1.66 bits per heavy atom. The van der Waals surface area contributed by atoms with Crippen LogP contribution in [0.4, 0.5) is 0 Å². The van der Waals surface area contributed by atoms with Crippen LogP contribution in [0.1, 0.15) is 91.0 Å². The Morgan fingerprint density at radius 1 is 0.719 bits per heavy atom. The number of rotatable bonds is 17. The van der Waals surface area contributed by atoms with Crippen LogP contribution < -0.4 is 0 Å². The second kappa shape index (κ2) is 16.4. The van der Waals surface area contributed by atoms with Crippen molar-refractivity contribution in [1.82, 2.24) is 0 Å². The van der Waals surface area contributed by atoms with Crippen molar-refractivity contribution in [3.8, 4) is 0 Å². The molecule has 0 fully saturated rings. The molecule has 0 aliphatic rings. The van der Waals surface area contributed by atoms with E-state index in [0.29, 0.717) is 0 Å². The second-order valence-corrected chi connectivity index (χ2v) is 29.1. The van der Waals surface area contributed by atoms with Crippen molar-refractivity contribution >= 4 is 26.5 Å². The molecular formula is C30H54SiSn. The van der Waals surface area contributed by atoms with Gasteiger partial charge in [0.2, 0.25) is 0 Å². The molecule has 0 heterocycles. The van der Waals surface area contributed by atoms with Gasteiger partial charge in [0.15, 0.2) is 0 Å². The first-order valence-corrected chi connectivity index (χ1v) is 24.8. The van der Waals surface area contributed by atoms with Gasteiger partial charge in [-0.15, -0.1) is 0 Å². The predicted molar refractivity (Wildman–Crippen MR) is 154 cm³/mol. The molecule has 1 aromatic carbocycles. The molecule has 0 unspecified atom stereocenters. The second-order valence-electron chi connectivity index (χ2n) is 10.9. The monoisotopic (exact) mass is 562 g/mol. The average Bonchev–Trinajstić information content (AvgIpc) is 2.78. The van der Waals surface area contributed by atoms with Crippen LogP contribution in [0.3, 0.4) is 0 Å². The van der Waals surface area contributed by atoms with Crippen molar-refractivity contribution in [1.29, 1.82) is 0 Å². The third-order valence-corrected chi connectivity index (χ3v) is 25.6. The molecule has 0 saturated carbocycles. The molecule has 0 aliphatic carbocycles. The molecule has 0 radical (unpaired) electrons. The molecule has 0 nitrogen and oxygen atoms in total. The summed E-state index contributed by atoms with van der Waals surface area (Å²) in [7, 11) is -1.45. The number of hydrogen-bond acceptors (Lipinski definition) is 0. The first kappa shape index (κ1) is 29.7. The van der Waals surface area contributed by atoms with E-state index in [4.69, 9.17) is 0 Å². The number of benzene rings is 1. The molecule has 0 spiro atoms. The maximum absolute atomic E-state index is 2.82. The molecule has 0 bridgehead atoms. The normalized spacial score (nSPS) is 13.6. The zero-order valence-electron chi connectivity index (χ0n) is 22.7. The molecule has 0 amide bonds. The summed E-state index contributed by atoms with van der Waals surface area (Å²) in [5.74, 6) is 0. The third kappa shape index (κ3) is 10.3. The molecule has 32 heavy (non-hydrogen) atoms. The Hall–Kier alpha value is -0.284. The summed E-state index contributed by atoms with van der Waals surface area (Å²) in [6.45, 7) is 17.4. The Balaban J connectivity index is 3.58. The SMILES string of the molecule is CCCC/C=[C](/C(=C/Cc1ccccc1)[Si](C)(C)C)[Sn]([CH2]CCC)([CH2]CCC)[CH2]CCC. The number of allylic oxidation sites excluding steroid dienone is 4. The zero-order chi connectivity index (χ0) is 23.9. The van der Waals surface area contributed by atoms with Crippen molar-refractivity contribution in [2.24, 2.45) is 0 Å². The molecule has 1 aromatic rings. The van der Waals surface area contributed by atoms with Gasteiger partial charge in [-0.2, -0.15) is 0 Å². The topological polar surface area (TPSA) is 0 Å². The third-order valence-electron chi connectivity index (χ3n) is 6.99. The van der Waals surface area contributed by atoms with E-state index in [9.17, 15) is 0 Å². The summed E-state index contributed by atoms with van der Waals surface area (Å²) < 4.78 is 6.72. The van der Waals surface area contributed by atoms with E-state index in [1.165, 1.54) is 63.4 Å². The van der Waals surface area contributed by atoms with Crippen LogP contribution in [0, 0.1) is 0 Å². The van der Waals surface area contributed by atoms with Crippen LogP contribution in [0.5, 0.6) is 0 Å². The molecule has 1 rings (SSSR count). The fraction of sp³-hybridized carbons (Fsp3) is 0.667. The number of hydrogen-bond donors (Lipinski definition) is 0. The van der Waals surface area contributed by atoms with Gasteiger partial charge >= 0.3 is 208 Å². The van der Waals surface area contributed by atoms with E-state index in [-0.39, 0.29) is 0 Å². The fourth-order valence-corrected chi connectivity index (χ4v) is 28.5. The van der Waals surface area contributed by atoms with E-state index in [1.54, 1.807) is 13.3 Å². The Bertz CT molecular complexity index is 644. The summed E-state index contributed by atoms with van der Waals surface area (Å²) in [6, 6.07) is 11.1. The molecule has 182 valence electrons. The van der Waals surface area contributed by atoms with E-state index < -0.39 is 26.5 Å². The predicted octanol–water partition coefficient (Wildman–Crippen LogP) is 10.5. The Morgan fingerprint density at radius 2 is 1.22 bits per heavy atom. The van der Waals surface area contributed by atoms with Gasteiger partial charge in [0.1, 0.15) is 0 Å². The van der Waals surface area contributed by atoms with Crippen molar-refractivity contribution in [2.45, 2.75) is 125 Å². The van der Waals surface area contributed by atoms with Gasteiger partial charge in [-0.05, 0) is 0 Å². The molecule has 0 aromatic heterocycles. The van der Waals surface area contributed by atoms with E-state index in [1.807, 2.05) is 8.79 Å². The van der Waals surface area contributed by atoms with Gasteiger partial charge in [0, 0.05) is 0 Å². The number of unbranched alkanes of at least 4 members (excludes halogenated alkanes) is 5. The standard InChI is InChI=1S/C18H27Si.3C4H9.Sn/c1-5-6-7-11-14-18(19(2,3)4)16-15-17-12-9-8-10-13-17;3*1-3-4-2;/h8-13,16H,5-7,15H2,1-4H3;3*1,3-4H2,2H3;/b14-11?,18-16-;;;;. The first-order valence-electron chi connectivity index (χ1n) is 13.8. The minimum atomic E-state index is -2.49. The van der Waals surface area contributed by atoms with Gasteiger partial charge in [0.05, 0.1) is 0 Å². The Labute approximate surface area is 207 Å². The van der Waals surface area contributed by atoms with E-state index >= 15 is 0 Å². The van der Waals surface area contributed by atoms with Crippen LogP contribution in [0.2, 0.25) is 33.0 Å². The molecule has 2 heteroatoms. The van der Waals surface area contributed by atoms with Crippen LogP contribution in [-0.2, 0) is 6.42 Å². The van der Waals surface area contributed by atoms with Gasteiger partial charge in [-0.1, -0.05) is 0 Å². The van der Waals surface area contributed by atoms with Crippen molar-refractivity contribution in [3.05, 3.63) is 56.8 Å². The Kier molecular flexibility index (Phi) is 15.2. The van der Waals surface area contributed by atoms with Crippen LogP contribution in [0.15, 0.2) is 51.3 Å². The van der Waals surface area contributed by atoms with Gasteiger partial charge in [-0.25, -0.2) is 0 Å². The average molecular weight is 562 g/mol. The molecule has 0 saturated heterocycles. The fourth-order valence-electron chi connectivity index (χ4n) is 5.04. The van der Waals surface area contributed by atoms with Crippen LogP contribution in [-0.4, -0.2) is 26.5 Å². The molecule has 0 N–H and O–H groups in total. The molecular weight excluding hydrogens is 507 g/mol. The van der Waals surface area contributed by atoms with Gasteiger partial charge in [-0.3, -0.25) is 0 Å². The summed E-state index contributed by atoms with van der Waals surface area (Å²) in [5, 5.41) is 1.84. The van der Waals surface area contributed by atoms with Crippen molar-refractivity contribution in [3.63, 3.8) is 0 Å². The van der Waals surface area contributed by atoms with Crippen LogP contribution in [0.25, 0.3) is 0 Å². The van der Waals surface area contributed by atoms with E-state index in [2.05, 4.69) is 89.8 Å². The quantitative estimate of drug-likeness (QED) is 0.101. The summed E-state index contributed by atoms with van der Waals surface area (Å²) >= 11 is -2.49. The molecule has 0 atom stereocenters. The summed E-state index contributed by atoms with van der Waals surface area (Å²) in [5.41, 5.74) is 1.47. The maximum atomic E-state index is 2.82. The van der Waals surface area contributed by atoms with Gasteiger partial charge < -0.3 is 0 Å². The summed E-state index contributed by atoms with van der Waals surface area (Å²) in [4.78, 5) is 0. The first-order chi connectivity index (χ1) is 15.3. The van der Waals surface area contributed by atoms with Crippen molar-refractivity contribution in [2.75, 3.05) is 0 Å². The minimum absolute atomic E-state index is 1.10.